The van der Waals surface area contributed by atoms with Gasteiger partial charge in [-0.25, -0.2) is 0 Å². The van der Waals surface area contributed by atoms with Gasteiger partial charge in [0.15, 0.2) is 0 Å². The molecule has 1 saturated carbocycles. The predicted molar refractivity (Wildman–Crippen MR) is 78.8 cm³/mol. The van der Waals surface area contributed by atoms with Crippen molar-refractivity contribution in [3.63, 3.8) is 0 Å². The van der Waals surface area contributed by atoms with Gasteiger partial charge in [-0.15, -0.1) is 0 Å². The van der Waals surface area contributed by atoms with Crippen molar-refractivity contribution in [3.8, 4) is 0 Å². The molecule has 0 bridgehead atoms. The minimum absolute atomic E-state index is 0.122. The van der Waals surface area contributed by atoms with Gasteiger partial charge in [0, 0.05) is 25.8 Å². The monoisotopic (exact) mass is 306 g/mol. The van der Waals surface area contributed by atoms with Crippen LogP contribution in [0, 0.1) is 11.8 Å². The summed E-state index contributed by atoms with van der Waals surface area (Å²) in [6.07, 6.45) is 2.64. The predicted octanol–water partition coefficient (Wildman–Crippen LogP) is 0.185. The average Bonchev–Trinajstić information content (AvgIpc) is 3.05. The topological polar surface area (TPSA) is 76.5 Å². The lowest BCUT2D eigenvalue weighted by molar-refractivity contribution is -0.137. The summed E-state index contributed by atoms with van der Waals surface area (Å²) in [6, 6.07) is 1.40. The van der Waals surface area contributed by atoms with E-state index in [1.165, 1.54) is 0 Å². The number of nitrogens with one attached hydrogen (secondary N) is 1. The Labute approximate surface area is 129 Å². The van der Waals surface area contributed by atoms with Crippen molar-refractivity contribution in [3.05, 3.63) is 18.0 Å². The van der Waals surface area contributed by atoms with Crippen LogP contribution in [0.1, 0.15) is 25.1 Å². The molecule has 1 aromatic rings. The number of nitrogens with zero attached hydrogens (tertiary/aromatic N) is 3. The van der Waals surface area contributed by atoms with Gasteiger partial charge in [-0.3, -0.25) is 14.3 Å². The molecule has 2 heterocycles. The highest BCUT2D eigenvalue weighted by Gasteiger charge is 2.43. The summed E-state index contributed by atoms with van der Waals surface area (Å²) in [5.41, 5.74) is 0.903. The van der Waals surface area contributed by atoms with E-state index in [1.807, 2.05) is 6.07 Å². The number of aromatic nitrogens is 2. The zero-order chi connectivity index (χ0) is 15.7. The Morgan fingerprint density at radius 3 is 2.95 bits per heavy atom. The van der Waals surface area contributed by atoms with Crippen molar-refractivity contribution in [2.75, 3.05) is 26.8 Å². The van der Waals surface area contributed by atoms with Gasteiger partial charge in [-0.05, 0) is 18.4 Å². The summed E-state index contributed by atoms with van der Waals surface area (Å²) in [4.78, 5) is 26.7. The minimum atomic E-state index is -0.464. The molecule has 0 radical (unpaired) electrons. The van der Waals surface area contributed by atoms with E-state index >= 15 is 0 Å². The van der Waals surface area contributed by atoms with Crippen molar-refractivity contribution in [2.24, 2.45) is 11.8 Å². The Balaban J connectivity index is 1.72. The van der Waals surface area contributed by atoms with E-state index < -0.39 is 6.04 Å². The number of hydrogen-bond donors (Lipinski definition) is 1. The molecular weight excluding hydrogens is 284 g/mol. The van der Waals surface area contributed by atoms with Crippen LogP contribution >= 0.6 is 0 Å². The molecule has 7 nitrogen and oxygen atoms in total. The number of ether oxygens (including phenoxy) is 1. The number of carbonyl (C=O) groups excluding carboxylic acids is 2. The molecule has 0 unspecified atom stereocenters. The van der Waals surface area contributed by atoms with Crippen molar-refractivity contribution >= 4 is 11.8 Å². The first-order chi connectivity index (χ1) is 10.6. The fourth-order valence-electron chi connectivity index (χ4n) is 2.95. The maximum atomic E-state index is 12.5. The molecule has 1 N–H and O–H groups in total. The average molecular weight is 306 g/mol. The lowest BCUT2D eigenvalue weighted by Crippen LogP contribution is -2.48. The zero-order valence-electron chi connectivity index (χ0n) is 13.0. The van der Waals surface area contributed by atoms with E-state index in [1.54, 1.807) is 22.9 Å². The second-order valence-corrected chi connectivity index (χ2v) is 6.10. The highest BCUT2D eigenvalue weighted by molar-refractivity contribution is 5.84. The van der Waals surface area contributed by atoms with Crippen molar-refractivity contribution in [1.29, 1.82) is 0 Å². The standard InChI is InChI=1S/C15H22N4O3/c1-10-7-12(10)15(21)18-8-11-3-4-17-19(11)13(9-18)14(20)16-5-6-22-2/h3-4,10,12-13H,5-9H2,1-2H3,(H,16,20)/t10-,12-,13-/m0/s1. The normalized spacial score (nSPS) is 26.5. The number of fused-ring (bicyclic) bond motifs is 1. The van der Waals surface area contributed by atoms with Gasteiger partial charge in [0.1, 0.15) is 6.04 Å². The van der Waals surface area contributed by atoms with Gasteiger partial charge in [0.25, 0.3) is 0 Å². The molecule has 1 aromatic heterocycles. The zero-order valence-corrected chi connectivity index (χ0v) is 13.0. The van der Waals surface area contributed by atoms with Gasteiger partial charge in [0.2, 0.25) is 11.8 Å². The number of amides is 2. The highest BCUT2D eigenvalue weighted by Crippen LogP contribution is 2.40. The Morgan fingerprint density at radius 2 is 2.27 bits per heavy atom. The molecule has 7 heteroatoms. The Kier molecular flexibility index (Phi) is 4.15. The first-order valence-electron chi connectivity index (χ1n) is 7.69. The first kappa shape index (κ1) is 15.0. The second-order valence-electron chi connectivity index (χ2n) is 6.10. The first-order valence-corrected chi connectivity index (χ1v) is 7.69. The molecular formula is C15H22N4O3. The van der Waals surface area contributed by atoms with Crippen molar-refractivity contribution in [2.45, 2.75) is 25.9 Å². The fraction of sp³-hybridized carbons (Fsp3) is 0.667. The largest absolute Gasteiger partial charge is 0.383 e. The molecule has 0 aromatic carbocycles. The van der Waals surface area contributed by atoms with Crippen LogP contribution in [0.3, 0.4) is 0 Å². The lowest BCUT2D eigenvalue weighted by atomic mass is 10.1. The third-order valence-electron chi connectivity index (χ3n) is 4.44. The van der Waals surface area contributed by atoms with E-state index in [0.717, 1.165) is 12.1 Å². The molecule has 22 heavy (non-hydrogen) atoms. The molecule has 3 rings (SSSR count). The van der Waals surface area contributed by atoms with Crippen LogP contribution in [0.5, 0.6) is 0 Å². The summed E-state index contributed by atoms with van der Waals surface area (Å²) >= 11 is 0. The molecule has 1 aliphatic heterocycles. The van der Waals surface area contributed by atoms with Gasteiger partial charge in [-0.1, -0.05) is 6.92 Å². The number of rotatable bonds is 5. The molecule has 2 aliphatic rings. The van der Waals surface area contributed by atoms with Crippen LogP contribution in [-0.4, -0.2) is 53.3 Å². The van der Waals surface area contributed by atoms with Crippen LogP contribution in [0.15, 0.2) is 12.3 Å². The smallest absolute Gasteiger partial charge is 0.246 e. The number of methoxy groups -OCH3 is 1. The Hall–Kier alpha value is -1.89. The summed E-state index contributed by atoms with van der Waals surface area (Å²) in [6.45, 7) is 3.92. The van der Waals surface area contributed by atoms with Gasteiger partial charge in [0.05, 0.1) is 25.4 Å². The molecule has 0 spiro atoms. The van der Waals surface area contributed by atoms with E-state index in [2.05, 4.69) is 17.3 Å². The van der Waals surface area contributed by atoms with E-state index in [0.29, 0.717) is 32.2 Å². The van der Waals surface area contributed by atoms with Crippen LogP contribution in [-0.2, 0) is 20.9 Å². The Morgan fingerprint density at radius 1 is 1.50 bits per heavy atom. The number of hydrogen-bond acceptors (Lipinski definition) is 4. The van der Waals surface area contributed by atoms with E-state index in [4.69, 9.17) is 4.74 Å². The highest BCUT2D eigenvalue weighted by atomic mass is 16.5. The van der Waals surface area contributed by atoms with E-state index in [-0.39, 0.29) is 17.7 Å². The molecule has 120 valence electrons. The molecule has 1 aliphatic carbocycles. The quantitative estimate of drug-likeness (QED) is 0.788. The van der Waals surface area contributed by atoms with Gasteiger partial charge >= 0.3 is 0 Å². The van der Waals surface area contributed by atoms with Crippen LogP contribution in [0.25, 0.3) is 0 Å². The summed E-state index contributed by atoms with van der Waals surface area (Å²) in [5.74, 6) is 0.637. The summed E-state index contributed by atoms with van der Waals surface area (Å²) < 4.78 is 6.67. The lowest BCUT2D eigenvalue weighted by Gasteiger charge is -2.33. The molecule has 3 atom stereocenters. The van der Waals surface area contributed by atoms with Crippen LogP contribution in [0.2, 0.25) is 0 Å². The maximum Gasteiger partial charge on any atom is 0.246 e. The summed E-state index contributed by atoms with van der Waals surface area (Å²) in [5, 5.41) is 7.08. The Bertz CT molecular complexity index is 571. The SMILES string of the molecule is COCCNC(=O)[C@@H]1CN(C(=O)[C@H]2C[C@@H]2C)Cc2ccnn21. The molecule has 2 amide bonds. The molecule has 0 saturated heterocycles. The van der Waals surface area contributed by atoms with Crippen LogP contribution < -0.4 is 5.32 Å². The van der Waals surface area contributed by atoms with Gasteiger partial charge < -0.3 is 15.0 Å². The second kappa shape index (κ2) is 6.08. The van der Waals surface area contributed by atoms with Crippen molar-refractivity contribution in [1.82, 2.24) is 20.0 Å². The number of carbonyl (C=O) groups is 2. The van der Waals surface area contributed by atoms with Crippen LogP contribution in [0.4, 0.5) is 0 Å². The van der Waals surface area contributed by atoms with Gasteiger partial charge in [-0.2, -0.15) is 5.10 Å². The van der Waals surface area contributed by atoms with E-state index in [9.17, 15) is 9.59 Å². The fourth-order valence-corrected chi connectivity index (χ4v) is 2.95. The third-order valence-corrected chi connectivity index (χ3v) is 4.44. The summed E-state index contributed by atoms with van der Waals surface area (Å²) in [7, 11) is 1.59. The third kappa shape index (κ3) is 2.85. The van der Waals surface area contributed by atoms with Crippen molar-refractivity contribution < 1.29 is 14.3 Å². The maximum absolute atomic E-state index is 12.5. The minimum Gasteiger partial charge on any atom is -0.383 e. The molecule has 1 fully saturated rings.